The lowest BCUT2D eigenvalue weighted by Gasteiger charge is -2.14. The molecule has 2 atom stereocenters. The molecular formula is C14H21F3IN5. The zero-order chi connectivity index (χ0) is 16.2. The van der Waals surface area contributed by atoms with E-state index in [-0.39, 0.29) is 29.8 Å². The molecule has 5 nitrogen and oxygen atoms in total. The van der Waals surface area contributed by atoms with Crippen molar-refractivity contribution in [2.75, 3.05) is 25.5 Å². The minimum absolute atomic E-state index is 0. The fraction of sp³-hybridized carbons (Fsp3) is 0.571. The van der Waals surface area contributed by atoms with Crippen molar-refractivity contribution in [2.45, 2.75) is 25.6 Å². The van der Waals surface area contributed by atoms with Gasteiger partial charge in [-0.2, -0.15) is 13.2 Å². The maximum absolute atomic E-state index is 12.8. The number of rotatable bonds is 5. The highest BCUT2D eigenvalue weighted by molar-refractivity contribution is 14.0. The number of guanidine groups is 1. The van der Waals surface area contributed by atoms with Crippen LogP contribution in [-0.4, -0.2) is 37.1 Å². The first kappa shape index (κ1) is 19.8. The minimum Gasteiger partial charge on any atom is -0.368 e. The van der Waals surface area contributed by atoms with E-state index in [1.807, 2.05) is 0 Å². The normalized spacial score (nSPS) is 20.5. The van der Waals surface area contributed by atoms with Crippen LogP contribution < -0.4 is 16.0 Å². The Morgan fingerprint density at radius 1 is 1.39 bits per heavy atom. The monoisotopic (exact) mass is 443 g/mol. The van der Waals surface area contributed by atoms with Crippen LogP contribution in [0.15, 0.2) is 23.3 Å². The van der Waals surface area contributed by atoms with E-state index in [0.717, 1.165) is 12.5 Å². The molecule has 1 aromatic heterocycles. The predicted molar refractivity (Wildman–Crippen MR) is 95.2 cm³/mol. The van der Waals surface area contributed by atoms with Crippen molar-refractivity contribution in [3.63, 3.8) is 0 Å². The number of nitrogens with one attached hydrogen (secondary N) is 3. The average Bonchev–Trinajstić information content (AvgIpc) is 3.17. The molecular weight excluding hydrogens is 422 g/mol. The Bertz CT molecular complexity index is 535. The molecule has 0 radical (unpaired) electrons. The van der Waals surface area contributed by atoms with Gasteiger partial charge in [-0.3, -0.25) is 4.99 Å². The summed E-state index contributed by atoms with van der Waals surface area (Å²) in [5.41, 5.74) is -0.760. The molecule has 9 heteroatoms. The summed E-state index contributed by atoms with van der Waals surface area (Å²) in [5, 5.41) is 9.00. The van der Waals surface area contributed by atoms with Gasteiger partial charge in [0.15, 0.2) is 5.96 Å². The van der Waals surface area contributed by atoms with E-state index in [1.165, 1.54) is 12.3 Å². The molecule has 0 bridgehead atoms. The summed E-state index contributed by atoms with van der Waals surface area (Å²) < 4.78 is 38.4. The second-order valence-electron chi connectivity index (χ2n) is 5.29. The summed E-state index contributed by atoms with van der Waals surface area (Å²) in [4.78, 5) is 7.82. The highest BCUT2D eigenvalue weighted by Crippen LogP contribution is 2.33. The number of aromatic nitrogens is 1. The van der Waals surface area contributed by atoms with Gasteiger partial charge in [0.2, 0.25) is 0 Å². The summed E-state index contributed by atoms with van der Waals surface area (Å²) in [6.07, 6.45) is -1.97. The van der Waals surface area contributed by atoms with E-state index >= 15 is 0 Å². The van der Waals surface area contributed by atoms with Crippen LogP contribution in [0.1, 0.15) is 18.9 Å². The van der Waals surface area contributed by atoms with Crippen LogP contribution in [0.3, 0.4) is 0 Å². The first-order valence-electron chi connectivity index (χ1n) is 7.15. The fourth-order valence-corrected chi connectivity index (χ4v) is 2.03. The molecule has 23 heavy (non-hydrogen) atoms. The van der Waals surface area contributed by atoms with Gasteiger partial charge in [0.25, 0.3) is 0 Å². The van der Waals surface area contributed by atoms with Crippen LogP contribution in [0.2, 0.25) is 0 Å². The standard InChI is InChI=1S/C14H20F3N5.HI/c1-9-8-11(9)22-13(18-2)21-7-6-20-12-10(14(15,16)17)4-3-5-19-12;/h3-5,9,11H,6-8H2,1-2H3,(H,19,20)(H2,18,21,22);1H. The first-order chi connectivity index (χ1) is 10.4. The first-order valence-corrected chi connectivity index (χ1v) is 7.15. The zero-order valence-corrected chi connectivity index (χ0v) is 15.3. The molecule has 0 spiro atoms. The van der Waals surface area contributed by atoms with Gasteiger partial charge in [0.05, 0.1) is 5.56 Å². The van der Waals surface area contributed by atoms with Crippen LogP contribution in [-0.2, 0) is 6.18 Å². The number of pyridine rings is 1. The largest absolute Gasteiger partial charge is 0.419 e. The van der Waals surface area contributed by atoms with E-state index in [2.05, 4.69) is 32.9 Å². The van der Waals surface area contributed by atoms with Crippen molar-refractivity contribution in [3.8, 4) is 0 Å². The Balaban J connectivity index is 0.00000264. The molecule has 0 aliphatic heterocycles. The maximum atomic E-state index is 12.8. The second kappa shape index (κ2) is 8.55. The third-order valence-electron chi connectivity index (χ3n) is 3.48. The van der Waals surface area contributed by atoms with Crippen molar-refractivity contribution in [2.24, 2.45) is 10.9 Å². The SMILES string of the molecule is CN=C(NCCNc1ncccc1C(F)(F)F)NC1CC1C.I. The van der Waals surface area contributed by atoms with E-state index in [0.29, 0.717) is 31.0 Å². The average molecular weight is 443 g/mol. The Morgan fingerprint density at radius 3 is 2.65 bits per heavy atom. The maximum Gasteiger partial charge on any atom is 0.419 e. The summed E-state index contributed by atoms with van der Waals surface area (Å²) >= 11 is 0. The van der Waals surface area contributed by atoms with Gasteiger partial charge in [-0.1, -0.05) is 6.92 Å². The lowest BCUT2D eigenvalue weighted by atomic mass is 10.2. The van der Waals surface area contributed by atoms with E-state index in [1.54, 1.807) is 7.05 Å². The lowest BCUT2D eigenvalue weighted by Crippen LogP contribution is -2.41. The van der Waals surface area contributed by atoms with Crippen molar-refractivity contribution >= 4 is 35.8 Å². The highest BCUT2D eigenvalue weighted by Gasteiger charge is 2.34. The van der Waals surface area contributed by atoms with Gasteiger partial charge in [0, 0.05) is 32.4 Å². The van der Waals surface area contributed by atoms with Gasteiger partial charge in [-0.25, -0.2) is 4.98 Å². The van der Waals surface area contributed by atoms with E-state index in [4.69, 9.17) is 0 Å². The molecule has 0 saturated heterocycles. The van der Waals surface area contributed by atoms with Crippen LogP contribution in [0, 0.1) is 5.92 Å². The third-order valence-corrected chi connectivity index (χ3v) is 3.48. The fourth-order valence-electron chi connectivity index (χ4n) is 2.03. The summed E-state index contributed by atoms with van der Waals surface area (Å²) in [7, 11) is 1.66. The zero-order valence-electron chi connectivity index (χ0n) is 12.9. The van der Waals surface area contributed by atoms with E-state index in [9.17, 15) is 13.2 Å². The molecule has 0 amide bonds. The smallest absolute Gasteiger partial charge is 0.368 e. The molecule has 1 aliphatic carbocycles. The van der Waals surface area contributed by atoms with Crippen LogP contribution in [0.5, 0.6) is 0 Å². The molecule has 130 valence electrons. The van der Waals surface area contributed by atoms with Gasteiger partial charge >= 0.3 is 6.18 Å². The minimum atomic E-state index is -4.41. The molecule has 1 heterocycles. The summed E-state index contributed by atoms with van der Waals surface area (Å²) in [6, 6.07) is 2.72. The molecule has 1 aliphatic rings. The molecule has 2 rings (SSSR count). The number of alkyl halides is 3. The number of hydrogen-bond donors (Lipinski definition) is 3. The molecule has 1 fully saturated rings. The Morgan fingerprint density at radius 2 is 2.09 bits per heavy atom. The predicted octanol–water partition coefficient (Wildman–Crippen LogP) is 2.70. The van der Waals surface area contributed by atoms with Crippen molar-refractivity contribution in [1.82, 2.24) is 15.6 Å². The van der Waals surface area contributed by atoms with Crippen LogP contribution >= 0.6 is 24.0 Å². The van der Waals surface area contributed by atoms with Crippen molar-refractivity contribution < 1.29 is 13.2 Å². The lowest BCUT2D eigenvalue weighted by molar-refractivity contribution is -0.137. The van der Waals surface area contributed by atoms with Gasteiger partial charge in [0.1, 0.15) is 5.82 Å². The van der Waals surface area contributed by atoms with Gasteiger partial charge in [-0.15, -0.1) is 24.0 Å². The number of anilines is 1. The number of aliphatic imine (C=N–C) groups is 1. The molecule has 1 aromatic rings. The van der Waals surface area contributed by atoms with Crippen molar-refractivity contribution in [1.29, 1.82) is 0 Å². The Labute approximate surface area is 150 Å². The molecule has 0 aromatic carbocycles. The summed E-state index contributed by atoms with van der Waals surface area (Å²) in [6.45, 7) is 2.89. The molecule has 2 unspecified atom stereocenters. The summed E-state index contributed by atoms with van der Waals surface area (Å²) in [5.74, 6) is 1.14. The van der Waals surface area contributed by atoms with Gasteiger partial charge in [-0.05, 0) is 24.5 Å². The number of nitrogens with zero attached hydrogens (tertiary/aromatic N) is 2. The quantitative estimate of drug-likeness (QED) is 0.284. The van der Waals surface area contributed by atoms with Crippen LogP contribution in [0.4, 0.5) is 19.0 Å². The van der Waals surface area contributed by atoms with E-state index < -0.39 is 11.7 Å². The number of halogens is 4. The third kappa shape index (κ3) is 6.04. The van der Waals surface area contributed by atoms with Crippen molar-refractivity contribution in [3.05, 3.63) is 23.9 Å². The number of hydrogen-bond acceptors (Lipinski definition) is 3. The Hall–Kier alpha value is -1.26. The Kier molecular flexibility index (Phi) is 7.36. The highest BCUT2D eigenvalue weighted by atomic mass is 127. The molecule has 3 N–H and O–H groups in total. The molecule has 1 saturated carbocycles. The van der Waals surface area contributed by atoms with Crippen LogP contribution in [0.25, 0.3) is 0 Å². The van der Waals surface area contributed by atoms with Gasteiger partial charge < -0.3 is 16.0 Å². The second-order valence-corrected chi connectivity index (χ2v) is 5.29. The topological polar surface area (TPSA) is 61.3 Å².